The number of ether oxygens (including phenoxy) is 1. The lowest BCUT2D eigenvalue weighted by molar-refractivity contribution is -0.137. The summed E-state index contributed by atoms with van der Waals surface area (Å²) in [5.74, 6) is 1.29. The van der Waals surface area contributed by atoms with E-state index >= 15 is 0 Å². The summed E-state index contributed by atoms with van der Waals surface area (Å²) >= 11 is 1.31. The lowest BCUT2D eigenvalue weighted by atomic mass is 10.1. The minimum atomic E-state index is -0.438. The van der Waals surface area contributed by atoms with Gasteiger partial charge < -0.3 is 14.1 Å². The molecule has 8 heteroatoms. The molecule has 1 fully saturated rings. The van der Waals surface area contributed by atoms with E-state index in [0.717, 1.165) is 0 Å². The molecule has 2 aromatic rings. The number of hydrogen-bond acceptors (Lipinski definition) is 7. The van der Waals surface area contributed by atoms with Crippen LogP contribution >= 0.6 is 11.8 Å². The van der Waals surface area contributed by atoms with Crippen LogP contribution in [-0.4, -0.2) is 45.7 Å². The molecule has 1 aliphatic heterocycles. The van der Waals surface area contributed by atoms with Gasteiger partial charge in [0, 0.05) is 18.5 Å². The number of thioether (sulfide) groups is 1. The van der Waals surface area contributed by atoms with Gasteiger partial charge in [-0.1, -0.05) is 11.8 Å². The highest BCUT2D eigenvalue weighted by molar-refractivity contribution is 7.99. The van der Waals surface area contributed by atoms with Gasteiger partial charge in [0.15, 0.2) is 5.16 Å². The predicted molar refractivity (Wildman–Crippen MR) is 83.5 cm³/mol. The van der Waals surface area contributed by atoms with E-state index in [0.29, 0.717) is 35.5 Å². The molecule has 0 saturated carbocycles. The van der Waals surface area contributed by atoms with E-state index in [9.17, 15) is 9.59 Å². The summed E-state index contributed by atoms with van der Waals surface area (Å²) in [7, 11) is 0. The Morgan fingerprint density at radius 3 is 2.83 bits per heavy atom. The molecule has 0 atom stereocenters. The Hall–Kier alpha value is -2.35. The normalized spacial score (nSPS) is 14.4. The Bertz CT molecular complexity index is 744. The zero-order valence-electron chi connectivity index (χ0n) is 12.5. The summed E-state index contributed by atoms with van der Waals surface area (Å²) < 4.78 is 10.5. The van der Waals surface area contributed by atoms with Crippen molar-refractivity contribution in [3.63, 3.8) is 0 Å². The quantitative estimate of drug-likeness (QED) is 0.598. The Morgan fingerprint density at radius 1 is 1.39 bits per heavy atom. The second-order valence-electron chi connectivity index (χ2n) is 5.08. The van der Waals surface area contributed by atoms with Gasteiger partial charge in [0.25, 0.3) is 0 Å². The first-order valence-electron chi connectivity index (χ1n) is 7.06. The Morgan fingerprint density at radius 2 is 2.13 bits per heavy atom. The molecule has 23 heavy (non-hydrogen) atoms. The maximum absolute atomic E-state index is 12.0. The summed E-state index contributed by atoms with van der Waals surface area (Å²) in [6.07, 6.45) is 3.19. The highest BCUT2D eigenvalue weighted by Crippen LogP contribution is 2.20. The lowest BCUT2D eigenvalue weighted by Gasteiger charge is -2.38. The molecule has 0 N–H and O–H groups in total. The van der Waals surface area contributed by atoms with Crippen molar-refractivity contribution in [2.45, 2.75) is 18.2 Å². The molecule has 2 aromatic heterocycles. The number of carbonyl (C=O) groups excluding carboxylic acids is 1. The molecule has 1 saturated heterocycles. The fourth-order valence-electron chi connectivity index (χ4n) is 2.13. The zero-order chi connectivity index (χ0) is 16.2. The van der Waals surface area contributed by atoms with Crippen molar-refractivity contribution in [1.82, 2.24) is 14.9 Å². The Labute approximate surface area is 136 Å². The minimum absolute atomic E-state index is 0.0195. The maximum Gasteiger partial charge on any atom is 0.339 e. The summed E-state index contributed by atoms with van der Waals surface area (Å²) in [5.41, 5.74) is -0.438. The molecule has 0 aliphatic carbocycles. The summed E-state index contributed by atoms with van der Waals surface area (Å²) in [5, 5.41) is 0.584. The average molecular weight is 333 g/mol. The van der Waals surface area contributed by atoms with Crippen LogP contribution in [0.5, 0.6) is 5.75 Å². The molecule has 0 aromatic carbocycles. The number of carbonyl (C=O) groups is 1. The van der Waals surface area contributed by atoms with Crippen molar-refractivity contribution >= 4 is 17.7 Å². The van der Waals surface area contributed by atoms with Crippen molar-refractivity contribution in [2.24, 2.45) is 0 Å². The first-order chi connectivity index (χ1) is 11.1. The molecule has 0 unspecified atom stereocenters. The van der Waals surface area contributed by atoms with E-state index < -0.39 is 5.63 Å². The largest absolute Gasteiger partial charge is 0.486 e. The van der Waals surface area contributed by atoms with Crippen molar-refractivity contribution < 1.29 is 13.9 Å². The summed E-state index contributed by atoms with van der Waals surface area (Å²) in [4.78, 5) is 33.1. The number of nitrogens with zero attached hydrogens (tertiary/aromatic N) is 3. The molecule has 1 amide bonds. The van der Waals surface area contributed by atoms with Gasteiger partial charge in [0.1, 0.15) is 17.6 Å². The van der Waals surface area contributed by atoms with Crippen LogP contribution in [0.3, 0.4) is 0 Å². The lowest BCUT2D eigenvalue weighted by Crippen LogP contribution is -2.56. The number of rotatable bonds is 5. The van der Waals surface area contributed by atoms with Crippen LogP contribution in [0.15, 0.2) is 45.0 Å². The highest BCUT2D eigenvalue weighted by atomic mass is 32.2. The second kappa shape index (κ2) is 6.82. The standard InChI is InChI=1S/C15H15N3O4S/c1-10-5-11(6-14(20)21-10)22-12-7-18(8-12)13(19)9-23-15-16-3-2-4-17-15/h2-6,12H,7-9H2,1H3. The van der Waals surface area contributed by atoms with Gasteiger partial charge in [-0.25, -0.2) is 14.8 Å². The average Bonchev–Trinajstić information content (AvgIpc) is 2.48. The number of aryl methyl sites for hydroxylation is 1. The zero-order valence-corrected chi connectivity index (χ0v) is 13.3. The van der Waals surface area contributed by atoms with Crippen molar-refractivity contribution in [2.75, 3.05) is 18.8 Å². The fraction of sp³-hybridized carbons (Fsp3) is 0.333. The van der Waals surface area contributed by atoms with Gasteiger partial charge in [0.2, 0.25) is 5.91 Å². The Balaban J connectivity index is 1.45. The van der Waals surface area contributed by atoms with E-state index in [1.54, 1.807) is 36.4 Å². The van der Waals surface area contributed by atoms with Crippen LogP contribution in [0.4, 0.5) is 0 Å². The van der Waals surface area contributed by atoms with Crippen molar-refractivity contribution in [3.8, 4) is 5.75 Å². The van der Waals surface area contributed by atoms with Crippen molar-refractivity contribution in [3.05, 3.63) is 46.8 Å². The van der Waals surface area contributed by atoms with E-state index in [1.807, 2.05) is 0 Å². The first-order valence-corrected chi connectivity index (χ1v) is 8.05. The SMILES string of the molecule is Cc1cc(OC2CN(C(=O)CSc3ncccn3)C2)cc(=O)o1. The van der Waals surface area contributed by atoms with E-state index in [2.05, 4.69) is 9.97 Å². The topological polar surface area (TPSA) is 85.5 Å². The highest BCUT2D eigenvalue weighted by Gasteiger charge is 2.32. The summed E-state index contributed by atoms with van der Waals surface area (Å²) in [6, 6.07) is 4.70. The van der Waals surface area contributed by atoms with Crippen LogP contribution in [0.25, 0.3) is 0 Å². The number of hydrogen-bond donors (Lipinski definition) is 0. The van der Waals surface area contributed by atoms with Gasteiger partial charge >= 0.3 is 5.63 Å². The molecular formula is C15H15N3O4S. The van der Waals surface area contributed by atoms with Gasteiger partial charge in [0.05, 0.1) is 24.9 Å². The van der Waals surface area contributed by atoms with Crippen LogP contribution in [0.2, 0.25) is 0 Å². The van der Waals surface area contributed by atoms with Gasteiger partial charge in [-0.05, 0) is 13.0 Å². The molecule has 0 radical (unpaired) electrons. The number of likely N-dealkylation sites (tertiary alicyclic amines) is 1. The van der Waals surface area contributed by atoms with Crippen LogP contribution in [0.1, 0.15) is 5.76 Å². The summed E-state index contributed by atoms with van der Waals surface area (Å²) in [6.45, 7) is 2.70. The smallest absolute Gasteiger partial charge is 0.339 e. The van der Waals surface area contributed by atoms with E-state index in [1.165, 1.54) is 17.8 Å². The fourth-order valence-corrected chi connectivity index (χ4v) is 2.84. The molecule has 0 spiro atoms. The van der Waals surface area contributed by atoms with Gasteiger partial charge in [-0.15, -0.1) is 0 Å². The number of amides is 1. The molecule has 3 rings (SSSR count). The number of aromatic nitrogens is 2. The van der Waals surface area contributed by atoms with E-state index in [4.69, 9.17) is 9.15 Å². The third-order valence-electron chi connectivity index (χ3n) is 3.24. The van der Waals surface area contributed by atoms with E-state index in [-0.39, 0.29) is 12.0 Å². The van der Waals surface area contributed by atoms with Crippen molar-refractivity contribution in [1.29, 1.82) is 0 Å². The predicted octanol–water partition coefficient (Wildman–Crippen LogP) is 1.12. The minimum Gasteiger partial charge on any atom is -0.486 e. The van der Waals surface area contributed by atoms with Gasteiger partial charge in [-0.3, -0.25) is 4.79 Å². The monoisotopic (exact) mass is 333 g/mol. The Kier molecular flexibility index (Phi) is 4.61. The van der Waals surface area contributed by atoms with Gasteiger partial charge in [-0.2, -0.15) is 0 Å². The molecule has 3 heterocycles. The molecule has 120 valence electrons. The molecule has 1 aliphatic rings. The van der Waals surface area contributed by atoms with Crippen LogP contribution in [-0.2, 0) is 4.79 Å². The molecule has 0 bridgehead atoms. The van der Waals surface area contributed by atoms with Crippen LogP contribution < -0.4 is 10.4 Å². The maximum atomic E-state index is 12.0. The van der Waals surface area contributed by atoms with Crippen LogP contribution in [0, 0.1) is 6.92 Å². The third kappa shape index (κ3) is 4.10. The third-order valence-corrected chi connectivity index (χ3v) is 4.10. The first kappa shape index (κ1) is 15.5. The second-order valence-corrected chi connectivity index (χ2v) is 6.02. The molecule has 7 nitrogen and oxygen atoms in total. The molecular weight excluding hydrogens is 318 g/mol.